The van der Waals surface area contributed by atoms with Crippen molar-refractivity contribution in [3.8, 4) is 0 Å². The van der Waals surface area contributed by atoms with Crippen molar-refractivity contribution in [2.45, 2.75) is 39.0 Å². The Hall–Kier alpha value is -2.80. The summed E-state index contributed by atoms with van der Waals surface area (Å²) in [5.41, 5.74) is 1.02. The molecule has 2 amide bonds. The van der Waals surface area contributed by atoms with Crippen molar-refractivity contribution in [1.29, 1.82) is 0 Å². The second kappa shape index (κ2) is 9.62. The van der Waals surface area contributed by atoms with E-state index in [0.29, 0.717) is 12.8 Å². The Bertz CT molecular complexity index is 707. The van der Waals surface area contributed by atoms with Gasteiger partial charge >= 0.3 is 0 Å². The molecule has 0 saturated heterocycles. The van der Waals surface area contributed by atoms with Crippen molar-refractivity contribution in [2.75, 3.05) is 0 Å². The van der Waals surface area contributed by atoms with E-state index in [1.54, 1.807) is 0 Å². The average Bonchev–Trinajstić information content (AvgIpc) is 2.62. The van der Waals surface area contributed by atoms with Gasteiger partial charge in [0.15, 0.2) is 0 Å². The molecule has 0 aliphatic heterocycles. The number of amides is 2. The minimum atomic E-state index is -0.964. The van der Waals surface area contributed by atoms with Gasteiger partial charge in [-0.1, -0.05) is 44.2 Å². The summed E-state index contributed by atoms with van der Waals surface area (Å²) < 4.78 is 0. The first-order valence-electron chi connectivity index (χ1n) is 8.55. The van der Waals surface area contributed by atoms with Crippen LogP contribution in [0.5, 0.6) is 0 Å². The standard InChI is InChI=1S/C19H24N4O3/c1-13(2)10-17(24)23-18(25)15(11-14-6-4-3-5-7-14)22-19(26)16-12-20-8-9-21-16/h3-9,12-13,15,17,24H,10-11H2,1-2H3,(H,22,26)(H,23,25)/t15-,17?/m0/s1. The number of hydrogen-bond donors (Lipinski definition) is 3. The summed E-state index contributed by atoms with van der Waals surface area (Å²) in [5.74, 6) is -0.709. The lowest BCUT2D eigenvalue weighted by molar-refractivity contribution is -0.126. The normalized spacial score (nSPS) is 13.1. The van der Waals surface area contributed by atoms with Crippen LogP contribution in [0.3, 0.4) is 0 Å². The molecule has 0 bridgehead atoms. The molecule has 0 spiro atoms. The van der Waals surface area contributed by atoms with Crippen LogP contribution in [0.15, 0.2) is 48.9 Å². The molecule has 138 valence electrons. The first-order valence-corrected chi connectivity index (χ1v) is 8.55. The molecular weight excluding hydrogens is 332 g/mol. The zero-order valence-corrected chi connectivity index (χ0v) is 14.9. The van der Waals surface area contributed by atoms with Gasteiger partial charge in [0.2, 0.25) is 5.91 Å². The molecule has 3 N–H and O–H groups in total. The molecule has 7 nitrogen and oxygen atoms in total. The van der Waals surface area contributed by atoms with Crippen LogP contribution in [-0.4, -0.2) is 39.2 Å². The fourth-order valence-electron chi connectivity index (χ4n) is 2.48. The molecule has 2 rings (SSSR count). The van der Waals surface area contributed by atoms with Crippen molar-refractivity contribution in [2.24, 2.45) is 5.92 Å². The van der Waals surface area contributed by atoms with Gasteiger partial charge in [-0.2, -0.15) is 0 Å². The molecule has 1 aromatic heterocycles. The van der Waals surface area contributed by atoms with Gasteiger partial charge in [0, 0.05) is 18.8 Å². The van der Waals surface area contributed by atoms with Crippen LogP contribution < -0.4 is 10.6 Å². The highest BCUT2D eigenvalue weighted by molar-refractivity contribution is 5.96. The van der Waals surface area contributed by atoms with Crippen LogP contribution in [0, 0.1) is 5.92 Å². The van der Waals surface area contributed by atoms with Gasteiger partial charge in [-0.05, 0) is 17.9 Å². The highest BCUT2D eigenvalue weighted by Gasteiger charge is 2.24. The third-order valence-electron chi connectivity index (χ3n) is 3.70. The number of aromatic nitrogens is 2. The highest BCUT2D eigenvalue weighted by Crippen LogP contribution is 2.07. The third-order valence-corrected chi connectivity index (χ3v) is 3.70. The number of nitrogens with zero attached hydrogens (tertiary/aromatic N) is 2. The van der Waals surface area contributed by atoms with E-state index < -0.39 is 24.1 Å². The third kappa shape index (κ3) is 6.25. The lowest BCUT2D eigenvalue weighted by Crippen LogP contribution is -2.51. The minimum Gasteiger partial charge on any atom is -0.374 e. The van der Waals surface area contributed by atoms with E-state index in [0.717, 1.165) is 5.56 Å². The van der Waals surface area contributed by atoms with E-state index in [9.17, 15) is 14.7 Å². The Morgan fingerprint density at radius 1 is 1.12 bits per heavy atom. The lowest BCUT2D eigenvalue weighted by Gasteiger charge is -2.21. The number of carbonyl (C=O) groups is 2. The van der Waals surface area contributed by atoms with Gasteiger partial charge in [-0.25, -0.2) is 4.98 Å². The Morgan fingerprint density at radius 3 is 2.46 bits per heavy atom. The Kier molecular flexibility index (Phi) is 7.23. The number of rotatable bonds is 8. The van der Waals surface area contributed by atoms with Gasteiger partial charge in [0.05, 0.1) is 6.20 Å². The van der Waals surface area contributed by atoms with Gasteiger partial charge in [0.1, 0.15) is 18.0 Å². The lowest BCUT2D eigenvalue weighted by atomic mass is 10.0. The van der Waals surface area contributed by atoms with E-state index in [1.807, 2.05) is 44.2 Å². The molecule has 1 aromatic carbocycles. The first-order chi connectivity index (χ1) is 12.5. The largest absolute Gasteiger partial charge is 0.374 e. The number of hydrogen-bond acceptors (Lipinski definition) is 5. The molecule has 0 saturated carbocycles. The molecular formula is C19H24N4O3. The maximum atomic E-state index is 12.6. The fraction of sp³-hybridized carbons (Fsp3) is 0.368. The summed E-state index contributed by atoms with van der Waals surface area (Å²) in [6.07, 6.45) is 3.98. The second-order valence-electron chi connectivity index (χ2n) is 6.46. The Labute approximate surface area is 152 Å². The van der Waals surface area contributed by atoms with Crippen LogP contribution in [0.1, 0.15) is 36.3 Å². The zero-order valence-electron chi connectivity index (χ0n) is 14.9. The van der Waals surface area contributed by atoms with Crippen molar-refractivity contribution in [3.63, 3.8) is 0 Å². The highest BCUT2D eigenvalue weighted by atomic mass is 16.3. The van der Waals surface area contributed by atoms with Crippen LogP contribution in [0.2, 0.25) is 0 Å². The van der Waals surface area contributed by atoms with Crippen LogP contribution >= 0.6 is 0 Å². The number of benzene rings is 1. The zero-order chi connectivity index (χ0) is 18.9. The molecule has 2 atom stereocenters. The summed E-state index contributed by atoms with van der Waals surface area (Å²) in [6.45, 7) is 3.90. The number of carbonyl (C=O) groups excluding carboxylic acids is 2. The molecule has 0 fully saturated rings. The summed E-state index contributed by atoms with van der Waals surface area (Å²) in [7, 11) is 0. The maximum absolute atomic E-state index is 12.6. The van der Waals surface area contributed by atoms with Crippen molar-refractivity contribution < 1.29 is 14.7 Å². The van der Waals surface area contributed by atoms with Crippen LogP contribution in [0.4, 0.5) is 0 Å². The van der Waals surface area contributed by atoms with Gasteiger partial charge < -0.3 is 15.7 Å². The molecule has 7 heteroatoms. The molecule has 1 heterocycles. The fourth-order valence-corrected chi connectivity index (χ4v) is 2.48. The van der Waals surface area contributed by atoms with E-state index in [4.69, 9.17) is 0 Å². The molecule has 1 unspecified atom stereocenters. The van der Waals surface area contributed by atoms with E-state index in [1.165, 1.54) is 18.6 Å². The topological polar surface area (TPSA) is 104 Å². The molecule has 0 radical (unpaired) electrons. The monoisotopic (exact) mass is 356 g/mol. The van der Waals surface area contributed by atoms with E-state index >= 15 is 0 Å². The summed E-state index contributed by atoms with van der Waals surface area (Å²) in [6, 6.07) is 8.51. The number of aliphatic hydroxyl groups excluding tert-OH is 1. The van der Waals surface area contributed by atoms with Crippen molar-refractivity contribution in [1.82, 2.24) is 20.6 Å². The summed E-state index contributed by atoms with van der Waals surface area (Å²) >= 11 is 0. The van der Waals surface area contributed by atoms with Gasteiger partial charge in [-0.3, -0.25) is 14.6 Å². The Morgan fingerprint density at radius 2 is 1.85 bits per heavy atom. The van der Waals surface area contributed by atoms with Crippen molar-refractivity contribution >= 4 is 11.8 Å². The SMILES string of the molecule is CC(C)CC(O)NC(=O)[C@H](Cc1ccccc1)NC(=O)c1cnccn1. The van der Waals surface area contributed by atoms with Gasteiger partial charge in [-0.15, -0.1) is 0 Å². The Balaban J connectivity index is 2.10. The second-order valence-corrected chi connectivity index (χ2v) is 6.46. The number of aliphatic hydroxyl groups is 1. The van der Waals surface area contributed by atoms with Crippen LogP contribution in [-0.2, 0) is 11.2 Å². The van der Waals surface area contributed by atoms with E-state index in [2.05, 4.69) is 20.6 Å². The summed E-state index contributed by atoms with van der Waals surface area (Å²) in [4.78, 5) is 32.7. The van der Waals surface area contributed by atoms with Crippen LogP contribution in [0.25, 0.3) is 0 Å². The molecule has 0 aliphatic rings. The quantitative estimate of drug-likeness (QED) is 0.619. The minimum absolute atomic E-state index is 0.126. The number of nitrogens with one attached hydrogen (secondary N) is 2. The van der Waals surface area contributed by atoms with Crippen molar-refractivity contribution in [3.05, 3.63) is 60.2 Å². The predicted octanol–water partition coefficient (Wildman–Crippen LogP) is 1.30. The average molecular weight is 356 g/mol. The van der Waals surface area contributed by atoms with E-state index in [-0.39, 0.29) is 11.6 Å². The first kappa shape index (κ1) is 19.5. The molecule has 2 aromatic rings. The summed E-state index contributed by atoms with van der Waals surface area (Å²) in [5, 5.41) is 15.2. The molecule has 0 aliphatic carbocycles. The molecule has 26 heavy (non-hydrogen) atoms. The maximum Gasteiger partial charge on any atom is 0.272 e. The smallest absolute Gasteiger partial charge is 0.272 e. The van der Waals surface area contributed by atoms with Gasteiger partial charge in [0.25, 0.3) is 5.91 Å². The predicted molar refractivity (Wildman–Crippen MR) is 97.0 cm³/mol.